The van der Waals surface area contributed by atoms with E-state index in [4.69, 9.17) is 9.22 Å². The van der Waals surface area contributed by atoms with Crippen LogP contribution in [-0.2, 0) is 28.9 Å². The Kier molecular flexibility index (Phi) is 10.9. The molecule has 1 heterocycles. The summed E-state index contributed by atoms with van der Waals surface area (Å²) < 4.78 is 51.0. The van der Waals surface area contributed by atoms with Crippen molar-refractivity contribution in [2.75, 3.05) is 0 Å². The Morgan fingerprint density at radius 1 is 0.857 bits per heavy atom. The summed E-state index contributed by atoms with van der Waals surface area (Å²) in [5, 5.41) is 9.23. The highest BCUT2D eigenvalue weighted by Gasteiger charge is 2.48. The Bertz CT molecular complexity index is 950. The standard InChI is InChI=1S/C8H3Br9NO7S3/c9-6(10,11)24-25-26-4-1-3(27(20,21)7(12,13)14)2-5(18(4)19)28(22,23)8(15,16)17/h1-2,19H/q+1. The number of alkyl halides is 9. The molecule has 20 heteroatoms. The third-order valence-electron chi connectivity index (χ3n) is 2.39. The molecule has 0 amide bonds. The smallest absolute Gasteiger partial charge is 0.283 e. The van der Waals surface area contributed by atoms with Gasteiger partial charge >= 0.3 is 10.1 Å². The van der Waals surface area contributed by atoms with Gasteiger partial charge in [0.15, 0.2) is 0 Å². The summed E-state index contributed by atoms with van der Waals surface area (Å²) >= 11 is 26.5. The highest BCUT2D eigenvalue weighted by molar-refractivity contribution is 9.42. The minimum absolute atomic E-state index is 0.220. The first-order valence-corrected chi connectivity index (χ1v) is 16.6. The predicted octanol–water partition coefficient (Wildman–Crippen LogP) is 6.10. The molecule has 1 aromatic heterocycles. The third kappa shape index (κ3) is 7.48. The van der Waals surface area contributed by atoms with E-state index in [1.165, 1.54) is 0 Å². The Morgan fingerprint density at radius 3 is 1.71 bits per heavy atom. The lowest BCUT2D eigenvalue weighted by atomic mass is 10.5. The van der Waals surface area contributed by atoms with Crippen LogP contribution < -0.4 is 4.73 Å². The van der Waals surface area contributed by atoms with Gasteiger partial charge in [-0.15, -0.1) is 4.33 Å². The van der Waals surface area contributed by atoms with Crippen LogP contribution in [0.25, 0.3) is 0 Å². The minimum Gasteiger partial charge on any atom is -0.283 e. The van der Waals surface area contributed by atoms with Crippen LogP contribution in [0.1, 0.15) is 0 Å². The Morgan fingerprint density at radius 2 is 1.32 bits per heavy atom. The molecule has 8 nitrogen and oxygen atoms in total. The van der Waals surface area contributed by atoms with E-state index in [9.17, 15) is 22.0 Å². The fourth-order valence-corrected chi connectivity index (χ4v) is 7.30. The topological polar surface area (TPSA) is 111 Å². The van der Waals surface area contributed by atoms with Crippen molar-refractivity contribution >= 4 is 175 Å². The second kappa shape index (κ2) is 10.4. The zero-order valence-electron chi connectivity index (χ0n) is 12.1. The molecule has 0 aliphatic carbocycles. The maximum Gasteiger partial charge on any atom is 0.353 e. The molecule has 0 aliphatic heterocycles. The van der Waals surface area contributed by atoms with E-state index < -0.39 is 34.9 Å². The molecule has 0 saturated carbocycles. The van der Waals surface area contributed by atoms with Crippen LogP contribution in [0.2, 0.25) is 0 Å². The van der Waals surface area contributed by atoms with Gasteiger partial charge in [-0.3, -0.25) is 5.21 Å². The highest BCUT2D eigenvalue weighted by atomic mass is 80.0. The van der Waals surface area contributed by atoms with Crippen molar-refractivity contribution in [3.63, 3.8) is 0 Å². The molecule has 1 N–H and O–H groups in total. The largest absolute Gasteiger partial charge is 0.353 e. The van der Waals surface area contributed by atoms with Gasteiger partial charge in [0.25, 0.3) is 12.2 Å². The van der Waals surface area contributed by atoms with Crippen molar-refractivity contribution in [2.24, 2.45) is 0 Å². The van der Waals surface area contributed by atoms with Crippen LogP contribution in [-0.4, -0.2) is 27.3 Å². The van der Waals surface area contributed by atoms with E-state index in [2.05, 4.69) is 143 Å². The van der Waals surface area contributed by atoms with E-state index in [0.717, 1.165) is 12.1 Å². The van der Waals surface area contributed by atoms with E-state index >= 15 is 0 Å². The van der Waals surface area contributed by atoms with Gasteiger partial charge in [0.2, 0.25) is 12.8 Å². The number of pyridine rings is 1. The first kappa shape index (κ1) is 29.5. The third-order valence-corrected chi connectivity index (χ3v) is 14.0. The average molecular weight is 1040 g/mol. The summed E-state index contributed by atoms with van der Waals surface area (Å²) in [6.45, 7) is 0. The zero-order chi connectivity index (χ0) is 22.3. The summed E-state index contributed by atoms with van der Waals surface area (Å²) in [6, 6.07) is 1.73. The maximum atomic E-state index is 12.7. The van der Waals surface area contributed by atoms with Gasteiger partial charge in [-0.1, -0.05) is 0 Å². The molecular weight excluding hydrogens is 1040 g/mol. The minimum atomic E-state index is -4.40. The number of hydrogen-bond donors (Lipinski definition) is 1. The molecule has 0 bridgehead atoms. The SMILES string of the molecule is O=S(=O)(c1cc(SOOC(Br)(Br)Br)[n+](O)c(S(=O)(=O)C(Br)(Br)Br)c1)C(Br)(Br)Br. The zero-order valence-corrected chi connectivity index (χ0v) is 28.8. The second-order valence-electron chi connectivity index (χ2n) is 4.26. The average Bonchev–Trinajstić information content (AvgIpc) is 2.44. The van der Waals surface area contributed by atoms with E-state index in [-0.39, 0.29) is 9.76 Å². The van der Waals surface area contributed by atoms with Gasteiger partial charge in [-0.2, -0.15) is 4.89 Å². The molecule has 28 heavy (non-hydrogen) atoms. The van der Waals surface area contributed by atoms with E-state index in [1.54, 1.807) is 0 Å². The van der Waals surface area contributed by atoms with E-state index in [1.807, 2.05) is 0 Å². The first-order chi connectivity index (χ1) is 12.2. The van der Waals surface area contributed by atoms with Gasteiger partial charge in [0, 0.05) is 16.9 Å². The molecule has 0 saturated heterocycles. The van der Waals surface area contributed by atoms with Crippen LogP contribution in [0.3, 0.4) is 0 Å². The van der Waals surface area contributed by atoms with Gasteiger partial charge in [-0.25, -0.2) is 16.8 Å². The van der Waals surface area contributed by atoms with Crippen molar-refractivity contribution in [3.05, 3.63) is 12.1 Å². The Hall–Kier alpha value is 3.44. The number of nitrogens with zero attached hydrogens (tertiary/aromatic N) is 1. The summed E-state index contributed by atoms with van der Waals surface area (Å²) in [5.41, 5.74) is 0. The van der Waals surface area contributed by atoms with Gasteiger partial charge in [-0.05, 0) is 143 Å². The number of halogens is 9. The molecule has 162 valence electrons. The van der Waals surface area contributed by atoms with Crippen molar-refractivity contribution < 1.29 is 36.0 Å². The summed E-state index contributed by atoms with van der Waals surface area (Å²) in [5.74, 6) is 0. The molecule has 0 aromatic carbocycles. The van der Waals surface area contributed by atoms with Crippen molar-refractivity contribution in [3.8, 4) is 0 Å². The van der Waals surface area contributed by atoms with E-state index in [0.29, 0.717) is 12.0 Å². The van der Waals surface area contributed by atoms with Crippen LogP contribution in [0.5, 0.6) is 0 Å². The monoisotopic (exact) mass is 1030 g/mol. The normalized spacial score (nSPS) is 14.3. The first-order valence-electron chi connectivity index (χ1n) is 5.73. The molecule has 0 unspecified atom stereocenters. The molecule has 0 fully saturated rings. The van der Waals surface area contributed by atoms with Gasteiger partial charge in [0.05, 0.1) is 4.90 Å². The maximum absolute atomic E-state index is 12.7. The highest BCUT2D eigenvalue weighted by Crippen LogP contribution is 2.46. The molecule has 0 atom stereocenters. The Labute approximate surface area is 239 Å². The summed E-state index contributed by atoms with van der Waals surface area (Å²) in [4.78, 5) is 4.33. The lowest BCUT2D eigenvalue weighted by Gasteiger charge is -2.15. The molecule has 1 rings (SSSR count). The van der Waals surface area contributed by atoms with Crippen molar-refractivity contribution in [1.82, 2.24) is 0 Å². The number of rotatable bonds is 5. The predicted molar refractivity (Wildman–Crippen MR) is 135 cm³/mol. The number of aromatic nitrogens is 1. The van der Waals surface area contributed by atoms with Gasteiger partial charge < -0.3 is 0 Å². The number of sulfone groups is 2. The molecule has 0 spiro atoms. The Balaban J connectivity index is 3.70. The number of hydrogen-bond acceptors (Lipinski definition) is 8. The van der Waals surface area contributed by atoms with Crippen LogP contribution in [0.15, 0.2) is 27.1 Å². The molecule has 1 aromatic rings. The van der Waals surface area contributed by atoms with Crippen LogP contribution in [0, 0.1) is 0 Å². The van der Waals surface area contributed by atoms with Crippen molar-refractivity contribution in [2.45, 2.75) is 20.2 Å². The lowest BCUT2D eigenvalue weighted by molar-refractivity contribution is -0.960. The van der Waals surface area contributed by atoms with Gasteiger partial charge in [0.1, 0.15) is 12.0 Å². The van der Waals surface area contributed by atoms with Crippen molar-refractivity contribution in [1.29, 1.82) is 0 Å². The second-order valence-corrected chi connectivity index (χ2v) is 32.3. The molecule has 0 radical (unpaired) electrons. The fourth-order valence-electron chi connectivity index (χ4n) is 1.26. The fraction of sp³-hybridized carbons (Fsp3) is 0.375. The molecule has 0 aliphatic rings. The molecular formula is C8H3Br9NO7S3+. The summed E-state index contributed by atoms with van der Waals surface area (Å²) in [7, 11) is -8.62. The summed E-state index contributed by atoms with van der Waals surface area (Å²) in [6.07, 6.45) is 0. The van der Waals surface area contributed by atoms with Crippen LogP contribution in [0.4, 0.5) is 0 Å². The van der Waals surface area contributed by atoms with Crippen LogP contribution >= 0.6 is 155 Å². The lowest BCUT2D eigenvalue weighted by Crippen LogP contribution is -2.42. The quantitative estimate of drug-likeness (QED) is 0.0942.